The maximum Gasteiger partial charge on any atom is 0.329 e. The lowest BCUT2D eigenvalue weighted by molar-refractivity contribution is -0.120. The van der Waals surface area contributed by atoms with Crippen molar-refractivity contribution in [2.24, 2.45) is 7.05 Å². The van der Waals surface area contributed by atoms with Gasteiger partial charge in [-0.3, -0.25) is 19.9 Å². The number of benzene rings is 3. The molecule has 1 fully saturated rings. The average Bonchev–Trinajstić information content (AvgIpc) is 3.69. The molecule has 7 rings (SSSR count). The standard InChI is InChI=1S/C32H29ClFN5O3/c1-37-30(39-13-12-29(40)36-32(39)41)15-35-31(37)24-5-2-4-23-22(24)10-11-28(23)38-16-19-8-9-21(14-20(19)17-38)42-18-25-26(33)6-3-7-27(25)34/h2-9,14-15,28H,10-13,16-18H2,1H3,(H,36,40,41). The van der Waals surface area contributed by atoms with Gasteiger partial charge in [-0.25, -0.2) is 14.2 Å². The van der Waals surface area contributed by atoms with Crippen molar-refractivity contribution in [1.29, 1.82) is 0 Å². The molecule has 1 aliphatic carbocycles. The van der Waals surface area contributed by atoms with Crippen molar-refractivity contribution in [3.05, 3.63) is 99.5 Å². The number of amides is 3. The third kappa shape index (κ3) is 4.62. The molecule has 8 nitrogen and oxygen atoms in total. The number of nitrogens with one attached hydrogen (secondary N) is 1. The summed E-state index contributed by atoms with van der Waals surface area (Å²) >= 11 is 6.17. The topological polar surface area (TPSA) is 79.7 Å². The minimum absolute atomic E-state index is 0.0717. The number of imidazole rings is 1. The second kappa shape index (κ2) is 10.6. The van der Waals surface area contributed by atoms with Crippen LogP contribution in [0, 0.1) is 5.82 Å². The number of rotatable bonds is 6. The van der Waals surface area contributed by atoms with Crippen LogP contribution in [0.5, 0.6) is 5.75 Å². The van der Waals surface area contributed by atoms with Crippen LogP contribution < -0.4 is 15.0 Å². The Balaban J connectivity index is 1.09. The molecular weight excluding hydrogens is 557 g/mol. The predicted molar refractivity (Wildman–Crippen MR) is 157 cm³/mol. The van der Waals surface area contributed by atoms with Crippen molar-refractivity contribution >= 4 is 29.4 Å². The van der Waals surface area contributed by atoms with Crippen molar-refractivity contribution in [3.8, 4) is 17.1 Å². The zero-order valence-corrected chi connectivity index (χ0v) is 23.8. The SMILES string of the molecule is Cn1c(N2CCC(=O)NC2=O)cnc1-c1cccc2c1CCC2N1Cc2ccc(OCc3c(F)cccc3Cl)cc2C1. The summed E-state index contributed by atoms with van der Waals surface area (Å²) in [6.07, 6.45) is 3.90. The van der Waals surface area contributed by atoms with E-state index in [0.717, 1.165) is 37.3 Å². The highest BCUT2D eigenvalue weighted by atomic mass is 35.5. The zero-order chi connectivity index (χ0) is 29.0. The number of halogens is 2. The largest absolute Gasteiger partial charge is 0.489 e. The van der Waals surface area contributed by atoms with Gasteiger partial charge in [0.25, 0.3) is 0 Å². The van der Waals surface area contributed by atoms with Gasteiger partial charge in [-0.05, 0) is 59.4 Å². The summed E-state index contributed by atoms with van der Waals surface area (Å²) in [5.74, 6) is 1.53. The van der Waals surface area contributed by atoms with Gasteiger partial charge < -0.3 is 9.30 Å². The van der Waals surface area contributed by atoms with Crippen molar-refractivity contribution in [2.75, 3.05) is 11.4 Å². The van der Waals surface area contributed by atoms with E-state index in [0.29, 0.717) is 28.7 Å². The molecule has 4 aromatic rings. The van der Waals surface area contributed by atoms with Crippen LogP contribution in [0.15, 0.2) is 60.8 Å². The monoisotopic (exact) mass is 585 g/mol. The van der Waals surface area contributed by atoms with Crippen molar-refractivity contribution < 1.29 is 18.7 Å². The van der Waals surface area contributed by atoms with E-state index in [1.807, 2.05) is 17.7 Å². The number of fused-ring (bicyclic) bond motifs is 2. The molecule has 214 valence electrons. The van der Waals surface area contributed by atoms with Gasteiger partial charge in [0.1, 0.15) is 29.8 Å². The third-order valence-electron chi connectivity index (χ3n) is 8.58. The number of aromatic nitrogens is 2. The first kappa shape index (κ1) is 26.7. The number of urea groups is 1. The highest BCUT2D eigenvalue weighted by Gasteiger charge is 2.34. The molecule has 0 bridgehead atoms. The number of ether oxygens (including phenoxy) is 1. The van der Waals surface area contributed by atoms with Crippen LogP contribution in [0.1, 0.15) is 46.7 Å². The fourth-order valence-corrected chi connectivity index (χ4v) is 6.66. The van der Waals surface area contributed by atoms with Gasteiger partial charge in [0.05, 0.1) is 11.2 Å². The van der Waals surface area contributed by atoms with Gasteiger partial charge in [-0.2, -0.15) is 0 Å². The number of imide groups is 1. The molecule has 10 heteroatoms. The minimum atomic E-state index is -0.419. The van der Waals surface area contributed by atoms with E-state index < -0.39 is 6.03 Å². The van der Waals surface area contributed by atoms with Crippen LogP contribution >= 0.6 is 11.6 Å². The van der Waals surface area contributed by atoms with E-state index >= 15 is 0 Å². The van der Waals surface area contributed by atoms with Gasteiger partial charge in [0.2, 0.25) is 5.91 Å². The molecule has 3 aliphatic rings. The Morgan fingerprint density at radius 2 is 1.90 bits per heavy atom. The second-order valence-corrected chi connectivity index (χ2v) is 11.4. The average molecular weight is 586 g/mol. The van der Waals surface area contributed by atoms with Crippen molar-refractivity contribution in [2.45, 2.75) is 45.0 Å². The van der Waals surface area contributed by atoms with Crippen LogP contribution in [0.3, 0.4) is 0 Å². The molecule has 0 radical (unpaired) electrons. The normalized spacial score (nSPS) is 18.3. The molecular formula is C32H29ClFN5O3. The predicted octanol–water partition coefficient (Wildman–Crippen LogP) is 5.91. The molecule has 0 saturated carbocycles. The van der Waals surface area contributed by atoms with Gasteiger partial charge in [-0.15, -0.1) is 0 Å². The molecule has 3 aromatic carbocycles. The lowest BCUT2D eigenvalue weighted by Gasteiger charge is -2.26. The molecule has 1 aromatic heterocycles. The molecule has 1 saturated heterocycles. The zero-order valence-electron chi connectivity index (χ0n) is 23.1. The lowest BCUT2D eigenvalue weighted by atomic mass is 10.0. The van der Waals surface area contributed by atoms with E-state index in [1.54, 1.807) is 23.2 Å². The lowest BCUT2D eigenvalue weighted by Crippen LogP contribution is -2.50. The number of hydrogen-bond acceptors (Lipinski definition) is 5. The molecule has 42 heavy (non-hydrogen) atoms. The number of nitrogens with zero attached hydrogens (tertiary/aromatic N) is 4. The van der Waals surface area contributed by atoms with Gasteiger partial charge in [-0.1, -0.05) is 41.9 Å². The molecule has 1 N–H and O–H groups in total. The summed E-state index contributed by atoms with van der Waals surface area (Å²) in [5, 5.41) is 2.74. The first-order chi connectivity index (χ1) is 20.4. The maximum atomic E-state index is 14.2. The fourth-order valence-electron chi connectivity index (χ4n) is 6.44. The quantitative estimate of drug-likeness (QED) is 0.304. The molecule has 1 unspecified atom stereocenters. The van der Waals surface area contributed by atoms with Crippen LogP contribution in [-0.4, -0.2) is 32.9 Å². The highest BCUT2D eigenvalue weighted by Crippen LogP contribution is 2.44. The molecule has 3 amide bonds. The Morgan fingerprint density at radius 1 is 1.07 bits per heavy atom. The van der Waals surface area contributed by atoms with Crippen molar-refractivity contribution in [1.82, 2.24) is 19.8 Å². The van der Waals surface area contributed by atoms with E-state index in [1.165, 1.54) is 28.3 Å². The Morgan fingerprint density at radius 3 is 2.74 bits per heavy atom. The van der Waals surface area contributed by atoms with Gasteiger partial charge >= 0.3 is 6.03 Å². The van der Waals surface area contributed by atoms with Crippen LogP contribution in [0.4, 0.5) is 15.0 Å². The Bertz CT molecular complexity index is 1720. The molecule has 3 heterocycles. The first-order valence-corrected chi connectivity index (χ1v) is 14.4. The summed E-state index contributed by atoms with van der Waals surface area (Å²) < 4.78 is 22.0. The molecule has 1 atom stereocenters. The Labute approximate surface area is 247 Å². The number of hydrogen-bond donors (Lipinski definition) is 1. The summed E-state index contributed by atoms with van der Waals surface area (Å²) in [7, 11) is 1.91. The van der Waals surface area contributed by atoms with Crippen LogP contribution in [0.25, 0.3) is 11.4 Å². The van der Waals surface area contributed by atoms with E-state index in [4.69, 9.17) is 21.3 Å². The van der Waals surface area contributed by atoms with Crippen LogP contribution in [-0.2, 0) is 38.0 Å². The third-order valence-corrected chi connectivity index (χ3v) is 8.94. The highest BCUT2D eigenvalue weighted by molar-refractivity contribution is 6.31. The molecule has 2 aliphatic heterocycles. The minimum Gasteiger partial charge on any atom is -0.489 e. The van der Waals surface area contributed by atoms with Crippen LogP contribution in [0.2, 0.25) is 5.02 Å². The summed E-state index contributed by atoms with van der Waals surface area (Å²) in [6.45, 7) is 2.05. The van der Waals surface area contributed by atoms with E-state index in [2.05, 4.69) is 40.5 Å². The Kier molecular flexibility index (Phi) is 6.71. The van der Waals surface area contributed by atoms with Gasteiger partial charge in [0.15, 0.2) is 0 Å². The number of carbonyl (C=O) groups is 2. The van der Waals surface area contributed by atoms with Crippen molar-refractivity contribution in [3.63, 3.8) is 0 Å². The summed E-state index contributed by atoms with van der Waals surface area (Å²) in [4.78, 5) is 32.8. The summed E-state index contributed by atoms with van der Waals surface area (Å²) in [5.41, 5.74) is 6.48. The molecule has 0 spiro atoms. The van der Waals surface area contributed by atoms with E-state index in [9.17, 15) is 14.0 Å². The van der Waals surface area contributed by atoms with Gasteiger partial charge in [0, 0.05) is 50.3 Å². The maximum absolute atomic E-state index is 14.2. The Hall–Kier alpha value is -4.21. The number of carbonyl (C=O) groups excluding carboxylic acids is 2. The summed E-state index contributed by atoms with van der Waals surface area (Å²) in [6, 6.07) is 17.0. The number of anilines is 1. The smallest absolute Gasteiger partial charge is 0.329 e. The first-order valence-electron chi connectivity index (χ1n) is 14.0. The fraction of sp³-hybridized carbons (Fsp3) is 0.281. The second-order valence-electron chi connectivity index (χ2n) is 11.0. The van der Waals surface area contributed by atoms with E-state index in [-0.39, 0.29) is 30.8 Å².